The molecule has 0 saturated carbocycles. The number of halogens is 1. The number of fused-ring (bicyclic) bond motifs is 5. The lowest BCUT2D eigenvalue weighted by atomic mass is 9.83. The second kappa shape index (κ2) is 9.71. The third-order valence-corrected chi connectivity index (χ3v) is 8.66. The molecule has 8 rings (SSSR count). The number of anilines is 2. The van der Waals surface area contributed by atoms with Gasteiger partial charge in [-0.25, -0.2) is 9.37 Å². The van der Waals surface area contributed by atoms with Crippen molar-refractivity contribution in [2.24, 2.45) is 5.92 Å². The van der Waals surface area contributed by atoms with Crippen LogP contribution in [0.15, 0.2) is 41.2 Å². The Morgan fingerprint density at radius 3 is 2.61 bits per heavy atom. The van der Waals surface area contributed by atoms with Crippen LogP contribution in [0, 0.1) is 11.7 Å². The molecule has 0 radical (unpaired) electrons. The fourth-order valence-electron chi connectivity index (χ4n) is 6.57. The fraction of sp³-hybridized carbons (Fsp3) is 0.448. The van der Waals surface area contributed by atoms with Gasteiger partial charge in [-0.15, -0.1) is 0 Å². The number of para-hydroxylation sites is 2. The molecule has 0 spiro atoms. The maximum absolute atomic E-state index is 15.5. The molecule has 0 amide bonds. The zero-order valence-corrected chi connectivity index (χ0v) is 21.5. The van der Waals surface area contributed by atoms with Gasteiger partial charge in [-0.05, 0) is 82.0 Å². The minimum absolute atomic E-state index is 0.201. The summed E-state index contributed by atoms with van der Waals surface area (Å²) in [4.78, 5) is 29.6. The van der Waals surface area contributed by atoms with Crippen LogP contribution in [0.4, 0.5) is 15.8 Å². The number of piperidine rings is 3. The zero-order chi connectivity index (χ0) is 25.6. The van der Waals surface area contributed by atoms with Crippen LogP contribution in [-0.4, -0.2) is 76.6 Å². The van der Waals surface area contributed by atoms with Gasteiger partial charge in [-0.3, -0.25) is 4.79 Å². The molecule has 0 aliphatic carbocycles. The van der Waals surface area contributed by atoms with Gasteiger partial charge >= 0.3 is 0 Å². The summed E-state index contributed by atoms with van der Waals surface area (Å²) < 4.78 is 15.5. The van der Waals surface area contributed by atoms with E-state index >= 15 is 4.39 Å². The van der Waals surface area contributed by atoms with Gasteiger partial charge in [0, 0.05) is 31.1 Å². The van der Waals surface area contributed by atoms with Crippen molar-refractivity contribution in [3.8, 4) is 11.4 Å². The predicted molar refractivity (Wildman–Crippen MR) is 150 cm³/mol. The number of rotatable bonds is 7. The van der Waals surface area contributed by atoms with Crippen molar-refractivity contribution in [2.75, 3.05) is 56.4 Å². The maximum atomic E-state index is 15.5. The van der Waals surface area contributed by atoms with E-state index in [0.29, 0.717) is 46.1 Å². The summed E-state index contributed by atoms with van der Waals surface area (Å²) in [5.74, 6) is 0.707. The first-order valence-corrected chi connectivity index (χ1v) is 13.9. The van der Waals surface area contributed by atoms with Crippen molar-refractivity contribution >= 4 is 33.3 Å². The number of pyridine rings is 1. The van der Waals surface area contributed by atoms with E-state index in [2.05, 4.69) is 30.4 Å². The molecule has 4 aromatic rings. The second-order valence-corrected chi connectivity index (χ2v) is 11.0. The van der Waals surface area contributed by atoms with Gasteiger partial charge < -0.3 is 30.4 Å². The Bertz CT molecular complexity index is 1500. The average Bonchev–Trinajstić information content (AvgIpc) is 3.60. The number of aromatic nitrogens is 3. The lowest BCUT2D eigenvalue weighted by molar-refractivity contribution is 0.0976. The zero-order valence-electron chi connectivity index (χ0n) is 21.5. The molecule has 4 saturated heterocycles. The summed E-state index contributed by atoms with van der Waals surface area (Å²) >= 11 is 0. The Labute approximate surface area is 220 Å². The SMILES string of the molecule is O=c1[nH]c2cc(NCCN3CCCC3)c(F)cc2c(N[C@@H]2CN3CCC2CC3)c1-c1nc2ccccc2[nH]1. The third kappa shape index (κ3) is 4.33. The average molecular weight is 516 g/mol. The highest BCUT2D eigenvalue weighted by atomic mass is 19.1. The summed E-state index contributed by atoms with van der Waals surface area (Å²) in [7, 11) is 0. The van der Waals surface area contributed by atoms with E-state index in [4.69, 9.17) is 4.98 Å². The molecule has 4 N–H and O–H groups in total. The molecule has 198 valence electrons. The highest BCUT2D eigenvalue weighted by Crippen LogP contribution is 2.37. The van der Waals surface area contributed by atoms with Gasteiger partial charge in [-0.1, -0.05) is 12.1 Å². The lowest BCUT2D eigenvalue weighted by Crippen LogP contribution is -2.53. The number of nitrogens with zero attached hydrogens (tertiary/aromatic N) is 3. The first kappa shape index (κ1) is 23.7. The Balaban J connectivity index is 1.30. The van der Waals surface area contributed by atoms with Crippen LogP contribution < -0.4 is 16.2 Å². The molecule has 0 unspecified atom stereocenters. The molecule has 4 aliphatic heterocycles. The van der Waals surface area contributed by atoms with Gasteiger partial charge in [0.25, 0.3) is 5.56 Å². The smallest absolute Gasteiger partial charge is 0.261 e. The fourth-order valence-corrected chi connectivity index (χ4v) is 6.57. The lowest BCUT2D eigenvalue weighted by Gasteiger charge is -2.45. The first-order chi connectivity index (χ1) is 18.6. The maximum Gasteiger partial charge on any atom is 0.261 e. The van der Waals surface area contributed by atoms with Crippen LogP contribution in [0.2, 0.25) is 0 Å². The van der Waals surface area contributed by atoms with E-state index in [1.807, 2.05) is 24.3 Å². The first-order valence-electron chi connectivity index (χ1n) is 13.9. The second-order valence-electron chi connectivity index (χ2n) is 11.0. The van der Waals surface area contributed by atoms with Gasteiger partial charge in [0.2, 0.25) is 0 Å². The molecule has 9 heteroatoms. The number of aromatic amines is 2. The van der Waals surface area contributed by atoms with E-state index in [-0.39, 0.29) is 17.4 Å². The quantitative estimate of drug-likeness (QED) is 0.295. The summed E-state index contributed by atoms with van der Waals surface area (Å²) in [5.41, 5.74) is 3.53. The summed E-state index contributed by atoms with van der Waals surface area (Å²) in [5, 5.41) is 7.64. The van der Waals surface area contributed by atoms with Gasteiger partial charge in [0.1, 0.15) is 17.2 Å². The van der Waals surface area contributed by atoms with Crippen molar-refractivity contribution in [2.45, 2.75) is 31.7 Å². The monoisotopic (exact) mass is 515 g/mol. The molecular weight excluding hydrogens is 481 g/mol. The number of hydrogen-bond donors (Lipinski definition) is 4. The highest BCUT2D eigenvalue weighted by Gasteiger charge is 2.35. The number of likely N-dealkylation sites (tertiary alicyclic amines) is 1. The number of imidazole rings is 1. The number of benzene rings is 2. The van der Waals surface area contributed by atoms with E-state index in [9.17, 15) is 4.79 Å². The van der Waals surface area contributed by atoms with Crippen LogP contribution in [-0.2, 0) is 0 Å². The molecule has 2 bridgehead atoms. The van der Waals surface area contributed by atoms with Crippen molar-refractivity contribution in [3.63, 3.8) is 0 Å². The number of nitrogens with one attached hydrogen (secondary N) is 4. The molecular formula is C29H34FN7O. The summed E-state index contributed by atoms with van der Waals surface area (Å²) in [6, 6.07) is 11.2. The van der Waals surface area contributed by atoms with Crippen LogP contribution in [0.1, 0.15) is 25.7 Å². The van der Waals surface area contributed by atoms with E-state index in [1.54, 1.807) is 12.1 Å². The standard InChI is InChI=1S/C29H34FN7O/c30-20-15-19-23(16-24(20)31-9-14-36-10-3-4-11-36)35-29(38)26(28-33-21-5-1-2-6-22(21)34-28)27(19)32-25-17-37-12-7-18(25)8-13-37/h1-2,5-6,15-16,18,25,31H,3-4,7-14,17H2,(H,33,34)(H2,32,35,38)/t25-/m1/s1. The van der Waals surface area contributed by atoms with Crippen LogP contribution in [0.25, 0.3) is 33.3 Å². The molecule has 4 aliphatic rings. The molecule has 2 aromatic heterocycles. The van der Waals surface area contributed by atoms with Crippen molar-refractivity contribution < 1.29 is 4.39 Å². The van der Waals surface area contributed by atoms with E-state index in [1.165, 1.54) is 12.8 Å². The minimum atomic E-state index is -0.321. The molecule has 4 fully saturated rings. The predicted octanol–water partition coefficient (Wildman–Crippen LogP) is 4.22. The summed E-state index contributed by atoms with van der Waals surface area (Å²) in [6.45, 7) is 6.92. The van der Waals surface area contributed by atoms with Crippen LogP contribution in [0.5, 0.6) is 0 Å². The Morgan fingerprint density at radius 1 is 1.03 bits per heavy atom. The normalized spacial score (nSPS) is 23.4. The highest BCUT2D eigenvalue weighted by molar-refractivity contribution is 6.00. The third-order valence-electron chi connectivity index (χ3n) is 8.66. The van der Waals surface area contributed by atoms with Gasteiger partial charge in [0.05, 0.1) is 27.9 Å². The number of H-pyrrole nitrogens is 2. The van der Waals surface area contributed by atoms with E-state index in [0.717, 1.165) is 63.1 Å². The Hall–Kier alpha value is -3.43. The van der Waals surface area contributed by atoms with Gasteiger partial charge in [0.15, 0.2) is 0 Å². The largest absolute Gasteiger partial charge is 0.381 e. The van der Waals surface area contributed by atoms with Crippen LogP contribution >= 0.6 is 0 Å². The van der Waals surface area contributed by atoms with Crippen molar-refractivity contribution in [1.82, 2.24) is 24.8 Å². The van der Waals surface area contributed by atoms with Crippen LogP contribution in [0.3, 0.4) is 0 Å². The summed E-state index contributed by atoms with van der Waals surface area (Å²) in [6.07, 6.45) is 4.74. The van der Waals surface area contributed by atoms with E-state index < -0.39 is 0 Å². The molecule has 6 heterocycles. The minimum Gasteiger partial charge on any atom is -0.381 e. The molecule has 1 atom stereocenters. The molecule has 38 heavy (non-hydrogen) atoms. The van der Waals surface area contributed by atoms with Crippen molar-refractivity contribution in [1.29, 1.82) is 0 Å². The van der Waals surface area contributed by atoms with Crippen molar-refractivity contribution in [3.05, 3.63) is 52.6 Å². The molecule has 8 nitrogen and oxygen atoms in total. The Kier molecular flexibility index (Phi) is 6.05. The Morgan fingerprint density at radius 2 is 1.84 bits per heavy atom. The number of hydrogen-bond acceptors (Lipinski definition) is 6. The van der Waals surface area contributed by atoms with Gasteiger partial charge in [-0.2, -0.15) is 0 Å². The topological polar surface area (TPSA) is 92.1 Å². The molecule has 2 aromatic carbocycles.